The molecule has 12 atom stereocenters. The molecule has 9 N–H and O–H groups in total. The van der Waals surface area contributed by atoms with Gasteiger partial charge in [-0.15, -0.1) is 0 Å². The molecule has 14 nitrogen and oxygen atoms in total. The van der Waals surface area contributed by atoms with E-state index in [0.717, 1.165) is 64.2 Å². The highest BCUT2D eigenvalue weighted by molar-refractivity contribution is 5.76. The zero-order valence-corrected chi connectivity index (χ0v) is 40.2. The molecule has 0 aromatic carbocycles. The third-order valence-electron chi connectivity index (χ3n) is 12.6. The summed E-state index contributed by atoms with van der Waals surface area (Å²) in [5.41, 5.74) is 0. The standard InChI is InChI=1S/C51H93NO13/c1-3-5-7-9-10-11-12-13-14-15-16-17-18-19-20-21-22-23-24-25-26-27-28-29-30-31-33-35-43(56)52-39(40(55)34-32-8-6-4-2)38-62-50-48(61)46(59)49(42(37-54)64-50)65-51-47(60)45(58)44(57)41(36-53)63-51/h12-13,15-16,18-19,39-42,44-51,53-55,57-61H,3-11,14,17,20-38H2,1-2H3,(H,52,56)/b13-12-,16-15-,19-18-. The van der Waals surface area contributed by atoms with Crippen LogP contribution in [0.25, 0.3) is 0 Å². The number of carbonyl (C=O) groups excluding carboxylic acids is 1. The second-order valence-corrected chi connectivity index (χ2v) is 18.3. The van der Waals surface area contributed by atoms with Crippen LogP contribution in [0.5, 0.6) is 0 Å². The summed E-state index contributed by atoms with van der Waals surface area (Å²) >= 11 is 0. The fourth-order valence-corrected chi connectivity index (χ4v) is 8.36. The highest BCUT2D eigenvalue weighted by Gasteiger charge is 2.51. The number of unbranched alkanes of at least 4 members (excludes halogenated alkanes) is 20. The highest BCUT2D eigenvalue weighted by Crippen LogP contribution is 2.30. The van der Waals surface area contributed by atoms with Gasteiger partial charge in [0, 0.05) is 6.42 Å². The molecule has 65 heavy (non-hydrogen) atoms. The van der Waals surface area contributed by atoms with Crippen LogP contribution >= 0.6 is 0 Å². The number of ether oxygens (including phenoxy) is 4. The zero-order valence-electron chi connectivity index (χ0n) is 40.2. The lowest BCUT2D eigenvalue weighted by Crippen LogP contribution is -2.65. The van der Waals surface area contributed by atoms with Crippen molar-refractivity contribution in [1.82, 2.24) is 5.32 Å². The van der Waals surface area contributed by atoms with Gasteiger partial charge in [-0.3, -0.25) is 4.79 Å². The van der Waals surface area contributed by atoms with Crippen molar-refractivity contribution in [2.75, 3.05) is 19.8 Å². The predicted octanol–water partition coefficient (Wildman–Crippen LogP) is 6.71. The molecule has 0 aromatic rings. The van der Waals surface area contributed by atoms with Crippen molar-refractivity contribution in [1.29, 1.82) is 0 Å². The minimum Gasteiger partial charge on any atom is -0.394 e. The van der Waals surface area contributed by atoms with E-state index < -0.39 is 86.8 Å². The Hall–Kier alpha value is -1.79. The molecule has 0 radical (unpaired) electrons. The van der Waals surface area contributed by atoms with Gasteiger partial charge in [-0.2, -0.15) is 0 Å². The lowest BCUT2D eigenvalue weighted by atomic mass is 9.97. The summed E-state index contributed by atoms with van der Waals surface area (Å²) in [5, 5.41) is 86.2. The fourth-order valence-electron chi connectivity index (χ4n) is 8.36. The second kappa shape index (κ2) is 38.1. The number of nitrogens with one attached hydrogen (secondary N) is 1. The van der Waals surface area contributed by atoms with Crippen LogP contribution in [-0.2, 0) is 23.7 Å². The number of carbonyl (C=O) groups is 1. The smallest absolute Gasteiger partial charge is 0.220 e. The summed E-state index contributed by atoms with van der Waals surface area (Å²) < 4.78 is 22.6. The third-order valence-corrected chi connectivity index (χ3v) is 12.6. The summed E-state index contributed by atoms with van der Waals surface area (Å²) in [4.78, 5) is 13.1. The Bertz CT molecular complexity index is 1230. The molecule has 2 fully saturated rings. The first kappa shape index (κ1) is 59.3. The number of aliphatic hydroxyl groups excluding tert-OH is 8. The number of allylic oxidation sites excluding steroid dienone is 6. The van der Waals surface area contributed by atoms with Crippen molar-refractivity contribution < 1.29 is 64.6 Å². The van der Waals surface area contributed by atoms with Crippen LogP contribution < -0.4 is 5.32 Å². The van der Waals surface area contributed by atoms with Gasteiger partial charge in [0.1, 0.15) is 48.8 Å². The fraction of sp³-hybridized carbons (Fsp3) is 0.863. The van der Waals surface area contributed by atoms with Crippen LogP contribution in [0.2, 0.25) is 0 Å². The van der Waals surface area contributed by atoms with Gasteiger partial charge >= 0.3 is 0 Å². The quantitative estimate of drug-likeness (QED) is 0.0231. The summed E-state index contributed by atoms with van der Waals surface area (Å²) in [6, 6.07) is -0.825. The maximum absolute atomic E-state index is 13.1. The van der Waals surface area contributed by atoms with Crippen molar-refractivity contribution in [3.63, 3.8) is 0 Å². The Morgan fingerprint density at radius 2 is 1.02 bits per heavy atom. The molecular formula is C51H93NO13. The highest BCUT2D eigenvalue weighted by atomic mass is 16.7. The van der Waals surface area contributed by atoms with Crippen LogP contribution in [0.15, 0.2) is 36.5 Å². The molecule has 0 saturated carbocycles. The molecule has 2 aliphatic rings. The third kappa shape index (κ3) is 25.4. The van der Waals surface area contributed by atoms with E-state index in [2.05, 4.69) is 55.6 Å². The second-order valence-electron chi connectivity index (χ2n) is 18.3. The van der Waals surface area contributed by atoms with Gasteiger partial charge in [0.25, 0.3) is 0 Å². The van der Waals surface area contributed by atoms with Gasteiger partial charge in [-0.25, -0.2) is 0 Å². The van der Waals surface area contributed by atoms with Gasteiger partial charge in [0.2, 0.25) is 5.91 Å². The summed E-state index contributed by atoms with van der Waals surface area (Å²) in [6.45, 7) is 2.69. The molecule has 0 bridgehead atoms. The molecular weight excluding hydrogens is 835 g/mol. The van der Waals surface area contributed by atoms with Crippen LogP contribution in [0.3, 0.4) is 0 Å². The van der Waals surface area contributed by atoms with Gasteiger partial charge in [-0.1, -0.05) is 166 Å². The van der Waals surface area contributed by atoms with Crippen LogP contribution in [0.4, 0.5) is 0 Å². The van der Waals surface area contributed by atoms with Crippen LogP contribution in [-0.4, -0.2) is 140 Å². The molecule has 380 valence electrons. The normalized spacial score (nSPS) is 27.3. The van der Waals surface area contributed by atoms with Crippen molar-refractivity contribution in [3.8, 4) is 0 Å². The molecule has 2 saturated heterocycles. The Morgan fingerprint density at radius 1 is 0.554 bits per heavy atom. The molecule has 0 spiro atoms. The SMILES string of the molecule is CCCCCCC/C=C\C/C=C\C/C=C\CCCCCCCCCCCCCCC(=O)NC(COC1OC(CO)C(OC2OC(CO)C(O)C(O)C2O)C(O)C1O)C(O)CCCCCC. The maximum Gasteiger partial charge on any atom is 0.220 e. The number of amides is 1. The summed E-state index contributed by atoms with van der Waals surface area (Å²) in [5.74, 6) is -0.219. The van der Waals surface area contributed by atoms with Crippen molar-refractivity contribution in [3.05, 3.63) is 36.5 Å². The van der Waals surface area contributed by atoms with Crippen LogP contribution in [0.1, 0.15) is 187 Å². The van der Waals surface area contributed by atoms with E-state index in [1.807, 2.05) is 0 Å². The Balaban J connectivity index is 1.61. The monoisotopic (exact) mass is 928 g/mol. The first-order chi connectivity index (χ1) is 31.6. The lowest BCUT2D eigenvalue weighted by molar-refractivity contribution is -0.359. The molecule has 0 aliphatic carbocycles. The number of hydrogen-bond donors (Lipinski definition) is 9. The largest absolute Gasteiger partial charge is 0.394 e. The molecule has 14 heteroatoms. The summed E-state index contributed by atoms with van der Waals surface area (Å²) in [6.07, 6.45) is 26.7. The molecule has 1 amide bonds. The molecule has 12 unspecified atom stereocenters. The van der Waals surface area contributed by atoms with E-state index in [1.54, 1.807) is 0 Å². The number of hydrogen-bond acceptors (Lipinski definition) is 13. The minimum atomic E-state index is -1.78. The Morgan fingerprint density at radius 3 is 1.55 bits per heavy atom. The number of rotatable bonds is 39. The van der Waals surface area contributed by atoms with E-state index in [0.29, 0.717) is 12.8 Å². The van der Waals surface area contributed by atoms with Gasteiger partial charge in [0.15, 0.2) is 12.6 Å². The number of aliphatic hydroxyl groups is 8. The van der Waals surface area contributed by atoms with Gasteiger partial charge in [0.05, 0.1) is 32.0 Å². The van der Waals surface area contributed by atoms with E-state index in [1.165, 1.54) is 96.3 Å². The molecule has 0 aromatic heterocycles. The van der Waals surface area contributed by atoms with E-state index in [9.17, 15) is 45.6 Å². The maximum atomic E-state index is 13.1. The van der Waals surface area contributed by atoms with E-state index >= 15 is 0 Å². The van der Waals surface area contributed by atoms with E-state index in [4.69, 9.17) is 18.9 Å². The van der Waals surface area contributed by atoms with Crippen LogP contribution in [0, 0.1) is 0 Å². The van der Waals surface area contributed by atoms with Crippen molar-refractivity contribution in [2.24, 2.45) is 0 Å². The van der Waals surface area contributed by atoms with Crippen molar-refractivity contribution in [2.45, 2.75) is 261 Å². The predicted molar refractivity (Wildman–Crippen MR) is 254 cm³/mol. The Labute approximate surface area is 391 Å². The van der Waals surface area contributed by atoms with Gasteiger partial charge in [-0.05, 0) is 51.4 Å². The van der Waals surface area contributed by atoms with Crippen molar-refractivity contribution >= 4 is 5.91 Å². The Kier molecular flexibility index (Phi) is 34.8. The average Bonchev–Trinajstić information content (AvgIpc) is 3.30. The zero-order chi connectivity index (χ0) is 47.5. The first-order valence-electron chi connectivity index (χ1n) is 25.7. The van der Waals surface area contributed by atoms with Gasteiger partial charge < -0.3 is 65.1 Å². The summed E-state index contributed by atoms with van der Waals surface area (Å²) in [7, 11) is 0. The average molecular weight is 928 g/mol. The molecule has 2 rings (SSSR count). The molecule has 2 aliphatic heterocycles. The topological polar surface area (TPSA) is 228 Å². The minimum absolute atomic E-state index is 0.219. The molecule has 2 heterocycles. The lowest BCUT2D eigenvalue weighted by Gasteiger charge is -2.46. The van der Waals surface area contributed by atoms with E-state index in [-0.39, 0.29) is 12.5 Å². The first-order valence-corrected chi connectivity index (χ1v) is 25.7.